The molecule has 1 N–H and O–H groups in total. The van der Waals surface area contributed by atoms with Gasteiger partial charge in [0.1, 0.15) is 12.9 Å². The molecule has 0 radical (unpaired) electrons. The van der Waals surface area contributed by atoms with Crippen molar-refractivity contribution in [3.05, 3.63) is 28.7 Å². The number of likely N-dealkylation sites (tertiary alicyclic amines) is 1. The first-order valence-corrected chi connectivity index (χ1v) is 8.85. The number of carbonyl (C=O) groups is 1. The maximum atomic E-state index is 12.1. The molecule has 0 spiro atoms. The number of nitrogens with zero attached hydrogens (tertiary/aromatic N) is 5. The molecule has 1 unspecified atom stereocenters. The van der Waals surface area contributed by atoms with E-state index in [2.05, 4.69) is 50.2 Å². The van der Waals surface area contributed by atoms with Gasteiger partial charge in [-0.05, 0) is 53.7 Å². The van der Waals surface area contributed by atoms with Gasteiger partial charge >= 0.3 is 0 Å². The summed E-state index contributed by atoms with van der Waals surface area (Å²) in [4.78, 5) is 15.9. The molecule has 2 aromatic heterocycles. The van der Waals surface area contributed by atoms with E-state index in [0.717, 1.165) is 19.0 Å². The SMILES string of the molecule is CC1CCN(C(CNC(=O)Cn2cnnn2)c2cccs2)CC1. The van der Waals surface area contributed by atoms with Crippen LogP contribution in [0.1, 0.15) is 30.7 Å². The summed E-state index contributed by atoms with van der Waals surface area (Å²) in [6.07, 6.45) is 3.89. The van der Waals surface area contributed by atoms with E-state index in [4.69, 9.17) is 0 Å². The average molecular weight is 334 g/mol. The zero-order chi connectivity index (χ0) is 16.1. The number of amides is 1. The predicted molar refractivity (Wildman–Crippen MR) is 87.9 cm³/mol. The Labute approximate surface area is 139 Å². The lowest BCUT2D eigenvalue weighted by Gasteiger charge is -2.36. The highest BCUT2D eigenvalue weighted by Gasteiger charge is 2.25. The first-order valence-electron chi connectivity index (χ1n) is 7.97. The highest BCUT2D eigenvalue weighted by Crippen LogP contribution is 2.28. The van der Waals surface area contributed by atoms with Gasteiger partial charge in [0.2, 0.25) is 5.91 Å². The molecule has 3 heterocycles. The van der Waals surface area contributed by atoms with Crippen LogP contribution in [0.25, 0.3) is 0 Å². The molecule has 7 nitrogen and oxygen atoms in total. The van der Waals surface area contributed by atoms with Gasteiger partial charge in [-0.25, -0.2) is 4.68 Å². The van der Waals surface area contributed by atoms with Gasteiger partial charge in [0.05, 0.1) is 6.04 Å². The molecular formula is C15H22N6OS. The number of nitrogens with one attached hydrogen (secondary N) is 1. The lowest BCUT2D eigenvalue weighted by atomic mass is 9.97. The van der Waals surface area contributed by atoms with Gasteiger partial charge in [-0.3, -0.25) is 9.69 Å². The third-order valence-corrected chi connectivity index (χ3v) is 5.29. The first-order chi connectivity index (χ1) is 11.2. The van der Waals surface area contributed by atoms with Gasteiger partial charge in [-0.15, -0.1) is 16.4 Å². The zero-order valence-corrected chi connectivity index (χ0v) is 14.1. The Hall–Kier alpha value is -1.80. The molecule has 23 heavy (non-hydrogen) atoms. The Morgan fingerprint density at radius 2 is 2.30 bits per heavy atom. The van der Waals surface area contributed by atoms with Crippen LogP contribution < -0.4 is 5.32 Å². The molecule has 1 aliphatic rings. The topological polar surface area (TPSA) is 75.9 Å². The van der Waals surface area contributed by atoms with Crippen molar-refractivity contribution in [2.24, 2.45) is 5.92 Å². The van der Waals surface area contributed by atoms with Crippen LogP contribution in [0, 0.1) is 5.92 Å². The molecule has 0 saturated carbocycles. The number of hydrogen-bond donors (Lipinski definition) is 1. The van der Waals surface area contributed by atoms with Crippen LogP contribution in [0.2, 0.25) is 0 Å². The lowest BCUT2D eigenvalue weighted by molar-refractivity contribution is -0.122. The summed E-state index contributed by atoms with van der Waals surface area (Å²) in [6.45, 7) is 5.27. The maximum absolute atomic E-state index is 12.1. The number of aromatic nitrogens is 4. The summed E-state index contributed by atoms with van der Waals surface area (Å²) in [5, 5.41) is 15.9. The lowest BCUT2D eigenvalue weighted by Crippen LogP contribution is -2.42. The fourth-order valence-corrected chi connectivity index (χ4v) is 3.76. The second kappa shape index (κ2) is 7.65. The molecule has 0 bridgehead atoms. The average Bonchev–Trinajstić information content (AvgIpc) is 3.23. The molecule has 1 atom stereocenters. The molecule has 1 fully saturated rings. The van der Waals surface area contributed by atoms with E-state index >= 15 is 0 Å². The summed E-state index contributed by atoms with van der Waals surface area (Å²) in [5.74, 6) is 0.730. The van der Waals surface area contributed by atoms with Crippen molar-refractivity contribution < 1.29 is 4.79 Å². The van der Waals surface area contributed by atoms with Gasteiger partial charge in [0.25, 0.3) is 0 Å². The number of tetrazole rings is 1. The predicted octanol–water partition coefficient (Wildman–Crippen LogP) is 1.32. The summed E-state index contributed by atoms with van der Waals surface area (Å²) >= 11 is 1.75. The summed E-state index contributed by atoms with van der Waals surface area (Å²) in [7, 11) is 0. The summed E-state index contributed by atoms with van der Waals surface area (Å²) < 4.78 is 1.43. The number of carbonyl (C=O) groups excluding carboxylic acids is 1. The Kier molecular flexibility index (Phi) is 5.35. The van der Waals surface area contributed by atoms with Gasteiger partial charge in [-0.2, -0.15) is 0 Å². The van der Waals surface area contributed by atoms with E-state index in [1.807, 2.05) is 0 Å². The first kappa shape index (κ1) is 16.1. The van der Waals surface area contributed by atoms with Crippen LogP contribution in [0.5, 0.6) is 0 Å². The van der Waals surface area contributed by atoms with Gasteiger partial charge < -0.3 is 5.32 Å². The Morgan fingerprint density at radius 1 is 1.48 bits per heavy atom. The van der Waals surface area contributed by atoms with E-state index in [9.17, 15) is 4.79 Å². The standard InChI is InChI=1S/C15H22N6OS/c1-12-4-6-20(7-5-12)13(14-3-2-8-23-14)9-16-15(22)10-21-11-17-18-19-21/h2-3,8,11-13H,4-7,9-10H2,1H3,(H,16,22). The zero-order valence-electron chi connectivity index (χ0n) is 13.3. The van der Waals surface area contributed by atoms with Gasteiger partial charge in [0, 0.05) is 11.4 Å². The fraction of sp³-hybridized carbons (Fsp3) is 0.600. The molecule has 3 rings (SSSR count). The molecule has 2 aromatic rings. The highest BCUT2D eigenvalue weighted by molar-refractivity contribution is 7.10. The number of thiophene rings is 1. The van der Waals surface area contributed by atoms with Crippen LogP contribution in [-0.4, -0.2) is 50.6 Å². The fourth-order valence-electron chi connectivity index (χ4n) is 2.90. The molecule has 8 heteroatoms. The van der Waals surface area contributed by atoms with Crippen LogP contribution in [-0.2, 0) is 11.3 Å². The van der Waals surface area contributed by atoms with Crippen molar-refractivity contribution in [1.29, 1.82) is 0 Å². The minimum absolute atomic E-state index is 0.0655. The molecular weight excluding hydrogens is 312 g/mol. The third-order valence-electron chi connectivity index (χ3n) is 4.32. The van der Waals surface area contributed by atoms with E-state index < -0.39 is 0 Å². The minimum atomic E-state index is -0.0655. The molecule has 0 aromatic carbocycles. The summed E-state index contributed by atoms with van der Waals surface area (Å²) in [6, 6.07) is 4.48. The van der Waals surface area contributed by atoms with Crippen LogP contribution >= 0.6 is 11.3 Å². The van der Waals surface area contributed by atoms with Crippen LogP contribution in [0.15, 0.2) is 23.8 Å². The third kappa shape index (κ3) is 4.35. The van der Waals surface area contributed by atoms with Gasteiger partial charge in [0.15, 0.2) is 0 Å². The van der Waals surface area contributed by atoms with Gasteiger partial charge in [-0.1, -0.05) is 13.0 Å². The number of piperidine rings is 1. The minimum Gasteiger partial charge on any atom is -0.353 e. The Morgan fingerprint density at radius 3 is 2.96 bits per heavy atom. The highest BCUT2D eigenvalue weighted by atomic mass is 32.1. The Balaban J connectivity index is 1.59. The maximum Gasteiger partial charge on any atom is 0.241 e. The van der Waals surface area contributed by atoms with E-state index in [0.29, 0.717) is 6.54 Å². The molecule has 0 aliphatic carbocycles. The largest absolute Gasteiger partial charge is 0.353 e. The quantitative estimate of drug-likeness (QED) is 0.862. The second-order valence-electron chi connectivity index (χ2n) is 6.06. The van der Waals surface area contributed by atoms with Crippen molar-refractivity contribution in [1.82, 2.24) is 30.4 Å². The van der Waals surface area contributed by atoms with Crippen molar-refractivity contribution in [2.75, 3.05) is 19.6 Å². The summed E-state index contributed by atoms with van der Waals surface area (Å²) in [5.41, 5.74) is 0. The smallest absolute Gasteiger partial charge is 0.241 e. The Bertz CT molecular complexity index is 592. The van der Waals surface area contributed by atoms with Crippen molar-refractivity contribution in [2.45, 2.75) is 32.4 Å². The molecule has 1 saturated heterocycles. The van der Waals surface area contributed by atoms with Crippen molar-refractivity contribution in [3.8, 4) is 0 Å². The number of rotatable bonds is 6. The molecule has 124 valence electrons. The van der Waals surface area contributed by atoms with Crippen LogP contribution in [0.4, 0.5) is 0 Å². The second-order valence-corrected chi connectivity index (χ2v) is 7.04. The van der Waals surface area contributed by atoms with E-state index in [1.54, 1.807) is 11.3 Å². The van der Waals surface area contributed by atoms with E-state index in [-0.39, 0.29) is 18.5 Å². The normalized spacial score (nSPS) is 18.0. The van der Waals surface area contributed by atoms with Crippen LogP contribution in [0.3, 0.4) is 0 Å². The monoisotopic (exact) mass is 334 g/mol. The molecule has 1 aliphatic heterocycles. The van der Waals surface area contributed by atoms with Crippen molar-refractivity contribution >= 4 is 17.2 Å². The van der Waals surface area contributed by atoms with Crippen molar-refractivity contribution in [3.63, 3.8) is 0 Å². The number of hydrogen-bond acceptors (Lipinski definition) is 6. The van der Waals surface area contributed by atoms with E-state index in [1.165, 1.54) is 28.7 Å². The molecule has 1 amide bonds.